The molecule has 2 aromatic heterocycles. The van der Waals surface area contributed by atoms with Crippen LogP contribution in [0.4, 0.5) is 0 Å². The first-order valence-corrected chi connectivity index (χ1v) is 24.6. The number of nitrogens with one attached hydrogen (secondary N) is 1. The molecule has 1 unspecified atom stereocenters. The zero-order chi connectivity index (χ0) is 47.6. The molecule has 0 bridgehead atoms. The number of pyridine rings is 1. The van der Waals surface area contributed by atoms with Crippen LogP contribution in [0.1, 0.15) is 85.5 Å². The first kappa shape index (κ1) is 45.1. The molecule has 5 aliphatic heterocycles. The van der Waals surface area contributed by atoms with Crippen molar-refractivity contribution in [2.45, 2.75) is 63.8 Å². The second-order valence-electron chi connectivity index (χ2n) is 19.1. The highest BCUT2D eigenvalue weighted by molar-refractivity contribution is 6.05. The van der Waals surface area contributed by atoms with Gasteiger partial charge in [-0.15, -0.1) is 0 Å². The highest BCUT2D eigenvalue weighted by Gasteiger charge is 2.40. The second-order valence-corrected chi connectivity index (χ2v) is 19.1. The van der Waals surface area contributed by atoms with Crippen molar-refractivity contribution in [3.8, 4) is 23.2 Å². The van der Waals surface area contributed by atoms with Gasteiger partial charge in [-0.25, -0.2) is 9.97 Å². The van der Waals surface area contributed by atoms with E-state index in [0.717, 1.165) is 121 Å². The Hall–Kier alpha value is -7.37. The van der Waals surface area contributed by atoms with Crippen LogP contribution in [0.15, 0.2) is 109 Å². The molecule has 6 aromatic rings. The molecule has 5 aliphatic rings. The number of carbonyl (C=O) groups excluding carboxylic acids is 4. The molecule has 13 heteroatoms. The maximum atomic E-state index is 13.6. The maximum Gasteiger partial charge on any atom is 0.255 e. The van der Waals surface area contributed by atoms with Gasteiger partial charge in [-0.1, -0.05) is 78.6 Å². The number of carbonyl (C=O) groups is 4. The van der Waals surface area contributed by atoms with Crippen LogP contribution in [0.25, 0.3) is 34.4 Å². The van der Waals surface area contributed by atoms with E-state index in [-0.39, 0.29) is 30.0 Å². The van der Waals surface area contributed by atoms with Gasteiger partial charge < -0.3 is 9.80 Å². The fourth-order valence-corrected chi connectivity index (χ4v) is 10.6. The molecule has 70 heavy (non-hydrogen) atoms. The van der Waals surface area contributed by atoms with Crippen molar-refractivity contribution in [2.75, 3.05) is 52.4 Å². The summed E-state index contributed by atoms with van der Waals surface area (Å²) in [5.74, 6) is 6.63. The molecule has 4 amide bonds. The van der Waals surface area contributed by atoms with Crippen molar-refractivity contribution in [2.24, 2.45) is 0 Å². The minimum absolute atomic E-state index is 0.00462. The lowest BCUT2D eigenvalue weighted by atomic mass is 9.99. The molecule has 7 heterocycles. The lowest BCUT2D eigenvalue weighted by molar-refractivity contribution is -0.136. The minimum Gasteiger partial charge on any atom is -0.332 e. The monoisotopic (exact) mass is 929 g/mol. The summed E-state index contributed by atoms with van der Waals surface area (Å²) in [6.45, 7) is 9.16. The Bertz CT molecular complexity index is 3070. The van der Waals surface area contributed by atoms with Gasteiger partial charge >= 0.3 is 0 Å². The summed E-state index contributed by atoms with van der Waals surface area (Å²) in [6, 6.07) is 32.1. The lowest BCUT2D eigenvalue weighted by Gasteiger charge is -2.42. The van der Waals surface area contributed by atoms with Crippen LogP contribution >= 0.6 is 0 Å². The molecular formula is C57H55N9O4. The number of amides is 4. The molecule has 11 rings (SSSR count). The molecule has 4 aromatic carbocycles. The number of imide groups is 1. The Labute approximate surface area is 408 Å². The number of benzene rings is 4. The third-order valence-corrected chi connectivity index (χ3v) is 14.7. The van der Waals surface area contributed by atoms with Gasteiger partial charge in [0.05, 0.1) is 24.3 Å². The molecule has 0 radical (unpaired) electrons. The van der Waals surface area contributed by atoms with Crippen LogP contribution in [-0.4, -0.2) is 128 Å². The number of fused-ring (bicyclic) bond motifs is 3. The van der Waals surface area contributed by atoms with E-state index < -0.39 is 6.04 Å². The van der Waals surface area contributed by atoms with Crippen molar-refractivity contribution in [1.82, 2.24) is 44.8 Å². The highest BCUT2D eigenvalue weighted by Crippen LogP contribution is 2.32. The summed E-state index contributed by atoms with van der Waals surface area (Å²) in [6.07, 6.45) is 11.4. The van der Waals surface area contributed by atoms with Gasteiger partial charge in [0.1, 0.15) is 6.04 Å². The van der Waals surface area contributed by atoms with Crippen LogP contribution in [-0.2, 0) is 35.6 Å². The van der Waals surface area contributed by atoms with E-state index in [2.05, 4.69) is 90.4 Å². The summed E-state index contributed by atoms with van der Waals surface area (Å²) in [5.41, 5.74) is 10.3. The minimum atomic E-state index is -0.597. The zero-order valence-corrected chi connectivity index (χ0v) is 39.2. The van der Waals surface area contributed by atoms with Crippen LogP contribution < -0.4 is 5.32 Å². The molecular weight excluding hydrogens is 875 g/mol. The number of para-hydroxylation sites is 1. The SMILES string of the molecule is O=C1CCC(N2Cc3c(CN4CCC(N5CCN(CC#Cc6ccc(/C=C/c7ccc(C(=O)N8CCc9cnc(-c%10cnc%11ccccc%11c%10)nc9C8)cc7)cc6)CC5)CC4)cccc3C2=O)C(=O)N1. The number of piperidine rings is 2. The number of rotatable bonds is 9. The summed E-state index contributed by atoms with van der Waals surface area (Å²) >= 11 is 0. The van der Waals surface area contributed by atoms with Crippen molar-refractivity contribution in [1.29, 1.82) is 0 Å². The van der Waals surface area contributed by atoms with Crippen LogP contribution in [0, 0.1) is 11.8 Å². The summed E-state index contributed by atoms with van der Waals surface area (Å²) < 4.78 is 0. The zero-order valence-electron chi connectivity index (χ0n) is 39.2. The quantitative estimate of drug-likeness (QED) is 0.0980. The first-order chi connectivity index (χ1) is 34.3. The molecule has 352 valence electrons. The van der Waals surface area contributed by atoms with E-state index in [1.165, 1.54) is 0 Å². The van der Waals surface area contributed by atoms with Crippen LogP contribution in [0.3, 0.4) is 0 Å². The average molecular weight is 930 g/mol. The van der Waals surface area contributed by atoms with Gasteiger partial charge in [-0.3, -0.25) is 44.2 Å². The van der Waals surface area contributed by atoms with Crippen molar-refractivity contribution < 1.29 is 19.2 Å². The summed E-state index contributed by atoms with van der Waals surface area (Å²) in [7, 11) is 0. The van der Waals surface area contributed by atoms with Crippen molar-refractivity contribution >= 4 is 46.7 Å². The predicted molar refractivity (Wildman–Crippen MR) is 269 cm³/mol. The van der Waals surface area contributed by atoms with Crippen molar-refractivity contribution in [3.63, 3.8) is 0 Å². The molecule has 3 saturated heterocycles. The number of aromatic nitrogens is 3. The van der Waals surface area contributed by atoms with Gasteiger partial charge in [-0.05, 0) is 109 Å². The molecule has 1 N–H and O–H groups in total. The van der Waals surface area contributed by atoms with Gasteiger partial charge in [0, 0.05) is 98.3 Å². The number of piperazine rings is 1. The Kier molecular flexibility index (Phi) is 12.8. The largest absolute Gasteiger partial charge is 0.332 e. The van der Waals surface area contributed by atoms with Gasteiger partial charge in [-0.2, -0.15) is 0 Å². The Morgan fingerprint density at radius 1 is 0.743 bits per heavy atom. The average Bonchev–Trinajstić information content (AvgIpc) is 3.74. The van der Waals surface area contributed by atoms with Gasteiger partial charge in [0.15, 0.2) is 5.82 Å². The number of nitrogens with zero attached hydrogens (tertiary/aromatic N) is 8. The topological polar surface area (TPSA) is 135 Å². The molecule has 0 saturated carbocycles. The van der Waals surface area contributed by atoms with Crippen molar-refractivity contribution in [3.05, 3.63) is 160 Å². The first-order valence-electron chi connectivity index (χ1n) is 24.6. The normalized spacial score (nSPS) is 19.3. The Morgan fingerprint density at radius 3 is 2.30 bits per heavy atom. The third-order valence-electron chi connectivity index (χ3n) is 14.7. The van der Waals surface area contributed by atoms with E-state index >= 15 is 0 Å². The van der Waals surface area contributed by atoms with E-state index in [1.54, 1.807) is 4.90 Å². The fourth-order valence-electron chi connectivity index (χ4n) is 10.6. The maximum absolute atomic E-state index is 13.6. The molecule has 0 aliphatic carbocycles. The highest BCUT2D eigenvalue weighted by atomic mass is 16.2. The number of hydrogen-bond acceptors (Lipinski definition) is 10. The molecule has 3 fully saturated rings. The lowest BCUT2D eigenvalue weighted by Crippen LogP contribution is -2.53. The predicted octanol–water partition coefficient (Wildman–Crippen LogP) is 6.46. The molecule has 1 atom stereocenters. The standard InChI is InChI=1S/C57H55N9O4/c67-53-21-20-52(55(68)61-53)66-37-49-45(7-3-8-48(49)57(66)70)36-63-26-23-47(24-27-63)64-31-29-62(30-32-64)25-4-5-39-10-12-40(13-11-39)14-15-41-16-18-42(19-17-41)56(69)65-28-22-44-34-59-54(60-51(44)38-65)46-33-43-6-1-2-9-50(43)58-35-46/h1-3,6-19,33-35,47,52H,20-32,36-38H2,(H,61,67,68)/b15-14+. The number of hydrogen-bond donors (Lipinski definition) is 1. The molecule has 13 nitrogen and oxygen atoms in total. The molecule has 0 spiro atoms. The smallest absolute Gasteiger partial charge is 0.255 e. The van der Waals surface area contributed by atoms with E-state index in [0.29, 0.717) is 55.5 Å². The van der Waals surface area contributed by atoms with Gasteiger partial charge in [0.25, 0.3) is 11.8 Å². The Balaban J connectivity index is 0.609. The van der Waals surface area contributed by atoms with Crippen LogP contribution in [0.5, 0.6) is 0 Å². The number of likely N-dealkylation sites (tertiary alicyclic amines) is 1. The van der Waals surface area contributed by atoms with E-state index in [9.17, 15) is 19.2 Å². The summed E-state index contributed by atoms with van der Waals surface area (Å²) in [5, 5.41) is 3.44. The van der Waals surface area contributed by atoms with E-state index in [1.807, 2.05) is 78.0 Å². The Morgan fingerprint density at radius 2 is 1.51 bits per heavy atom. The van der Waals surface area contributed by atoms with Gasteiger partial charge in [0.2, 0.25) is 11.8 Å². The third kappa shape index (κ3) is 9.76. The fraction of sp³-hybridized carbons (Fsp3) is 0.316. The second kappa shape index (κ2) is 19.9. The summed E-state index contributed by atoms with van der Waals surface area (Å²) in [4.78, 5) is 76.4. The van der Waals surface area contributed by atoms with E-state index in [4.69, 9.17) is 4.98 Å². The van der Waals surface area contributed by atoms with Crippen LogP contribution in [0.2, 0.25) is 0 Å².